The van der Waals surface area contributed by atoms with Crippen LogP contribution in [0.4, 0.5) is 5.69 Å². The molecule has 0 radical (unpaired) electrons. The largest absolute Gasteiger partial charge is 0.368 e. The highest BCUT2D eigenvalue weighted by Crippen LogP contribution is 2.15. The van der Waals surface area contributed by atoms with Crippen molar-refractivity contribution in [2.75, 3.05) is 19.6 Å². The van der Waals surface area contributed by atoms with Gasteiger partial charge in [-0.1, -0.05) is 12.1 Å². The minimum absolute atomic E-state index is 0.00542. The molecule has 3 N–H and O–H groups in total. The van der Waals surface area contributed by atoms with Gasteiger partial charge in [-0.25, -0.2) is 0 Å². The van der Waals surface area contributed by atoms with Gasteiger partial charge in [-0.15, -0.1) is 0 Å². The number of hydrogen-bond donors (Lipinski definition) is 2. The Labute approximate surface area is 121 Å². The molecular weight excluding hydrogens is 276 g/mol. The van der Waals surface area contributed by atoms with E-state index in [9.17, 15) is 19.7 Å². The zero-order chi connectivity index (χ0) is 15.4. The summed E-state index contributed by atoms with van der Waals surface area (Å²) in [5, 5.41) is 13.7. The van der Waals surface area contributed by atoms with Crippen molar-refractivity contribution in [2.24, 2.45) is 5.73 Å². The first-order chi connectivity index (χ1) is 9.99. The van der Waals surface area contributed by atoms with Gasteiger partial charge in [-0.05, 0) is 5.56 Å². The zero-order valence-corrected chi connectivity index (χ0v) is 11.3. The smallest absolute Gasteiger partial charge is 0.269 e. The lowest BCUT2D eigenvalue weighted by Gasteiger charge is -2.34. The number of nitrogens with zero attached hydrogens (tertiary/aromatic N) is 2. The van der Waals surface area contributed by atoms with Gasteiger partial charge < -0.3 is 16.0 Å². The van der Waals surface area contributed by atoms with Crippen molar-refractivity contribution in [1.82, 2.24) is 10.2 Å². The molecule has 1 saturated heterocycles. The second-order valence-corrected chi connectivity index (χ2v) is 4.81. The third-order valence-electron chi connectivity index (χ3n) is 3.37. The fourth-order valence-electron chi connectivity index (χ4n) is 2.31. The molecule has 8 nitrogen and oxygen atoms in total. The maximum atomic E-state index is 12.3. The van der Waals surface area contributed by atoms with E-state index < -0.39 is 16.9 Å². The van der Waals surface area contributed by atoms with Crippen LogP contribution in [0.3, 0.4) is 0 Å². The number of amides is 2. The number of benzene rings is 1. The van der Waals surface area contributed by atoms with Gasteiger partial charge in [0.1, 0.15) is 6.04 Å². The monoisotopic (exact) mass is 292 g/mol. The van der Waals surface area contributed by atoms with Crippen LogP contribution < -0.4 is 11.1 Å². The number of nitrogens with two attached hydrogens (primary N) is 1. The number of primary amides is 1. The van der Waals surface area contributed by atoms with Crippen LogP contribution in [0.1, 0.15) is 5.56 Å². The number of hydrogen-bond acceptors (Lipinski definition) is 5. The van der Waals surface area contributed by atoms with Gasteiger partial charge >= 0.3 is 0 Å². The molecule has 1 aromatic rings. The van der Waals surface area contributed by atoms with E-state index in [0.29, 0.717) is 25.2 Å². The third-order valence-corrected chi connectivity index (χ3v) is 3.37. The van der Waals surface area contributed by atoms with Crippen molar-refractivity contribution >= 4 is 17.5 Å². The summed E-state index contributed by atoms with van der Waals surface area (Å²) in [6, 6.07) is 5.23. The quantitative estimate of drug-likeness (QED) is 0.568. The Balaban J connectivity index is 2.11. The van der Waals surface area contributed by atoms with Gasteiger partial charge in [-0.2, -0.15) is 0 Å². The zero-order valence-electron chi connectivity index (χ0n) is 11.3. The van der Waals surface area contributed by atoms with Crippen LogP contribution in [0.15, 0.2) is 24.3 Å². The Morgan fingerprint density at radius 1 is 1.48 bits per heavy atom. The molecule has 2 rings (SSSR count). The maximum Gasteiger partial charge on any atom is 0.269 e. The number of nitrogens with one attached hydrogen (secondary N) is 1. The highest BCUT2D eigenvalue weighted by atomic mass is 16.6. The second-order valence-electron chi connectivity index (χ2n) is 4.81. The Morgan fingerprint density at radius 2 is 2.24 bits per heavy atom. The molecule has 1 aliphatic rings. The molecule has 8 heteroatoms. The fourth-order valence-corrected chi connectivity index (χ4v) is 2.31. The number of non-ortho nitro benzene ring substituents is 1. The number of nitro groups is 1. The summed E-state index contributed by atoms with van der Waals surface area (Å²) in [6.07, 6.45) is 0.00542. The molecule has 1 heterocycles. The standard InChI is InChI=1S/C13H16N4O4/c14-13(19)11-8-15-4-5-16(11)12(18)7-9-2-1-3-10(6-9)17(20)21/h1-3,6,11,15H,4-5,7-8H2,(H2,14,19). The van der Waals surface area contributed by atoms with E-state index in [4.69, 9.17) is 5.73 Å². The minimum Gasteiger partial charge on any atom is -0.368 e. The molecular formula is C13H16N4O4. The lowest BCUT2D eigenvalue weighted by molar-refractivity contribution is -0.384. The highest BCUT2D eigenvalue weighted by molar-refractivity contribution is 5.88. The van der Waals surface area contributed by atoms with Crippen LogP contribution in [0.2, 0.25) is 0 Å². The van der Waals surface area contributed by atoms with Crippen LogP contribution in [-0.4, -0.2) is 47.3 Å². The second kappa shape index (κ2) is 6.31. The van der Waals surface area contributed by atoms with Gasteiger partial charge in [0.2, 0.25) is 11.8 Å². The van der Waals surface area contributed by atoms with E-state index in [1.54, 1.807) is 6.07 Å². The lowest BCUT2D eigenvalue weighted by atomic mass is 10.1. The summed E-state index contributed by atoms with van der Waals surface area (Å²) in [5.41, 5.74) is 5.77. The van der Waals surface area contributed by atoms with Crippen LogP contribution in [0, 0.1) is 10.1 Å². The summed E-state index contributed by atoms with van der Waals surface area (Å²) in [4.78, 5) is 35.3. The first-order valence-electron chi connectivity index (χ1n) is 6.52. The van der Waals surface area contributed by atoms with Crippen LogP contribution in [0.5, 0.6) is 0 Å². The van der Waals surface area contributed by atoms with Crippen molar-refractivity contribution in [3.8, 4) is 0 Å². The number of rotatable bonds is 4. The maximum absolute atomic E-state index is 12.3. The average molecular weight is 292 g/mol. The van der Waals surface area contributed by atoms with Crippen molar-refractivity contribution in [3.63, 3.8) is 0 Å². The molecule has 112 valence electrons. The van der Waals surface area contributed by atoms with Crippen molar-refractivity contribution in [2.45, 2.75) is 12.5 Å². The number of piperazine rings is 1. The normalized spacial score (nSPS) is 18.3. The van der Waals surface area contributed by atoms with Gasteiger partial charge in [-0.3, -0.25) is 19.7 Å². The predicted molar refractivity (Wildman–Crippen MR) is 74.4 cm³/mol. The van der Waals surface area contributed by atoms with E-state index in [-0.39, 0.29) is 18.0 Å². The first kappa shape index (κ1) is 14.9. The Hall–Kier alpha value is -2.48. The van der Waals surface area contributed by atoms with Crippen molar-refractivity contribution in [1.29, 1.82) is 0 Å². The van der Waals surface area contributed by atoms with Crippen LogP contribution in [-0.2, 0) is 16.0 Å². The van der Waals surface area contributed by atoms with Crippen LogP contribution >= 0.6 is 0 Å². The molecule has 1 atom stereocenters. The summed E-state index contributed by atoms with van der Waals surface area (Å²) >= 11 is 0. The Kier molecular flexibility index (Phi) is 4.49. The van der Waals surface area contributed by atoms with Gasteiger partial charge in [0.15, 0.2) is 0 Å². The van der Waals surface area contributed by atoms with Gasteiger partial charge in [0.25, 0.3) is 5.69 Å². The summed E-state index contributed by atoms with van der Waals surface area (Å²) < 4.78 is 0. The topological polar surface area (TPSA) is 119 Å². The van der Waals surface area contributed by atoms with Crippen molar-refractivity contribution < 1.29 is 14.5 Å². The Morgan fingerprint density at radius 3 is 2.90 bits per heavy atom. The molecule has 0 bridgehead atoms. The SMILES string of the molecule is NC(=O)C1CNCCN1C(=O)Cc1cccc([N+](=O)[O-])c1. The van der Waals surface area contributed by atoms with Gasteiger partial charge in [0, 0.05) is 31.8 Å². The molecule has 21 heavy (non-hydrogen) atoms. The first-order valence-corrected chi connectivity index (χ1v) is 6.52. The van der Waals surface area contributed by atoms with E-state index in [0.717, 1.165) is 0 Å². The molecule has 1 fully saturated rings. The van der Waals surface area contributed by atoms with Crippen LogP contribution in [0.25, 0.3) is 0 Å². The minimum atomic E-state index is -0.676. The lowest BCUT2D eigenvalue weighted by Crippen LogP contribution is -2.59. The fraction of sp³-hybridized carbons (Fsp3) is 0.385. The number of carbonyl (C=O) groups is 2. The third kappa shape index (κ3) is 3.54. The summed E-state index contributed by atoms with van der Waals surface area (Å²) in [6.45, 7) is 1.31. The molecule has 0 aromatic heterocycles. The van der Waals surface area contributed by atoms with E-state index >= 15 is 0 Å². The average Bonchev–Trinajstić information content (AvgIpc) is 2.47. The summed E-state index contributed by atoms with van der Waals surface area (Å²) in [7, 11) is 0. The number of carbonyl (C=O) groups excluding carboxylic acids is 2. The molecule has 0 spiro atoms. The van der Waals surface area contributed by atoms with E-state index in [2.05, 4.69) is 5.32 Å². The molecule has 0 aliphatic carbocycles. The molecule has 1 aliphatic heterocycles. The molecule has 2 amide bonds. The van der Waals surface area contributed by atoms with E-state index in [1.807, 2.05) is 0 Å². The number of nitro benzene ring substituents is 1. The molecule has 1 aromatic carbocycles. The molecule has 1 unspecified atom stereocenters. The highest BCUT2D eigenvalue weighted by Gasteiger charge is 2.30. The predicted octanol–water partition coefficient (Wildman–Crippen LogP) is -0.577. The van der Waals surface area contributed by atoms with Gasteiger partial charge in [0.05, 0.1) is 11.3 Å². The summed E-state index contributed by atoms with van der Waals surface area (Å²) in [5.74, 6) is -0.824. The molecule has 0 saturated carbocycles. The van der Waals surface area contributed by atoms with E-state index in [1.165, 1.54) is 23.1 Å². The van der Waals surface area contributed by atoms with Crippen molar-refractivity contribution in [3.05, 3.63) is 39.9 Å². The Bertz CT molecular complexity index is 575.